The molecule has 11 heavy (non-hydrogen) atoms. The maximum Gasteiger partial charge on any atom is 0.0417 e. The maximum atomic E-state index is 4.94. The molecule has 1 aliphatic rings. The predicted molar refractivity (Wildman–Crippen MR) is 41.9 cm³/mol. The van der Waals surface area contributed by atoms with Crippen LogP contribution in [0, 0.1) is 0 Å². The average Bonchev–Trinajstić information content (AvgIpc) is 2.33. The summed E-state index contributed by atoms with van der Waals surface area (Å²) in [7, 11) is 0. The van der Waals surface area contributed by atoms with E-state index >= 15 is 0 Å². The first kappa shape index (κ1) is 9.12. The molecule has 0 aromatic carbocycles. The van der Waals surface area contributed by atoms with Crippen LogP contribution in [0.25, 0.3) is 0 Å². The van der Waals surface area contributed by atoms with Crippen LogP contribution in [-0.4, -0.2) is 4.98 Å². The summed E-state index contributed by atoms with van der Waals surface area (Å²) in [5.74, 6) is 0. The van der Waals surface area contributed by atoms with Gasteiger partial charge >= 0.3 is 0 Å². The largest absolute Gasteiger partial charge is 0.760 e. The standard InChI is InChI=1S/C8H9NS.Re/c10-8-5-4-6-2-1-3-7(6)9-8;/h4-5H,1-3H2,(H,9,10);/p-1. The molecule has 0 atom stereocenters. The third-order valence-corrected chi connectivity index (χ3v) is 2.13. The van der Waals surface area contributed by atoms with Crippen LogP contribution in [0.5, 0.6) is 0 Å². The van der Waals surface area contributed by atoms with E-state index in [9.17, 15) is 0 Å². The topological polar surface area (TPSA) is 12.9 Å². The number of pyridine rings is 1. The van der Waals surface area contributed by atoms with Crippen molar-refractivity contribution >= 4 is 12.6 Å². The summed E-state index contributed by atoms with van der Waals surface area (Å²) in [6, 6.07) is 4.02. The maximum absolute atomic E-state index is 4.94. The van der Waals surface area contributed by atoms with Crippen molar-refractivity contribution in [1.29, 1.82) is 0 Å². The Hall–Kier alpha value is 0.0323. The second-order valence-corrected chi connectivity index (χ2v) is 3.03. The van der Waals surface area contributed by atoms with Gasteiger partial charge in [-0.25, -0.2) is 0 Å². The molecule has 0 N–H and O–H groups in total. The minimum atomic E-state index is 0. The molecule has 1 radical (unpaired) electrons. The van der Waals surface area contributed by atoms with Crippen molar-refractivity contribution in [1.82, 2.24) is 4.98 Å². The normalized spacial score (nSPS) is 13.8. The average molecular weight is 336 g/mol. The number of hydrogen-bond donors (Lipinski definition) is 0. The van der Waals surface area contributed by atoms with Crippen LogP contribution in [0.15, 0.2) is 17.2 Å². The van der Waals surface area contributed by atoms with Gasteiger partial charge in [0.05, 0.1) is 0 Å². The van der Waals surface area contributed by atoms with Crippen LogP contribution in [0.3, 0.4) is 0 Å². The van der Waals surface area contributed by atoms with Crippen LogP contribution in [0.2, 0.25) is 0 Å². The van der Waals surface area contributed by atoms with E-state index < -0.39 is 0 Å². The SMILES string of the molecule is [Re].[S-]c1ccc2c(n1)CCC2. The van der Waals surface area contributed by atoms with E-state index in [0.29, 0.717) is 0 Å². The van der Waals surface area contributed by atoms with Gasteiger partial charge in [-0.2, -0.15) is 0 Å². The zero-order valence-electron chi connectivity index (χ0n) is 6.01. The number of hydrogen-bond acceptors (Lipinski definition) is 2. The molecule has 1 heterocycles. The molecule has 0 bridgehead atoms. The van der Waals surface area contributed by atoms with E-state index in [-0.39, 0.29) is 20.4 Å². The molecule has 0 amide bonds. The van der Waals surface area contributed by atoms with Crippen molar-refractivity contribution in [2.75, 3.05) is 0 Å². The van der Waals surface area contributed by atoms with Gasteiger partial charge in [-0.15, -0.1) is 0 Å². The second kappa shape index (κ2) is 3.62. The molecule has 1 aromatic heterocycles. The summed E-state index contributed by atoms with van der Waals surface area (Å²) >= 11 is 4.94. The predicted octanol–water partition coefficient (Wildman–Crippen LogP) is 1.47. The van der Waals surface area contributed by atoms with Crippen LogP contribution in [-0.2, 0) is 45.9 Å². The number of fused-ring (bicyclic) bond motifs is 1. The van der Waals surface area contributed by atoms with Gasteiger partial charge in [0.25, 0.3) is 0 Å². The first-order chi connectivity index (χ1) is 4.86. The zero-order chi connectivity index (χ0) is 6.97. The Bertz CT molecular complexity index is 262. The van der Waals surface area contributed by atoms with Crippen LogP contribution in [0.4, 0.5) is 0 Å². The quantitative estimate of drug-likeness (QED) is 0.666. The van der Waals surface area contributed by atoms with E-state index in [1.165, 1.54) is 24.1 Å². The third-order valence-electron chi connectivity index (χ3n) is 1.90. The van der Waals surface area contributed by atoms with E-state index in [4.69, 9.17) is 12.6 Å². The first-order valence-corrected chi connectivity index (χ1v) is 3.93. The minimum absolute atomic E-state index is 0. The molecule has 0 spiro atoms. The van der Waals surface area contributed by atoms with Crippen molar-refractivity contribution in [2.45, 2.75) is 24.3 Å². The molecule has 0 saturated carbocycles. The Balaban J connectivity index is 0.000000605. The molecule has 1 aromatic rings. The summed E-state index contributed by atoms with van der Waals surface area (Å²) < 4.78 is 0. The van der Waals surface area contributed by atoms with Crippen molar-refractivity contribution in [3.05, 3.63) is 23.4 Å². The molecular formula is C8H8NReS-. The Morgan fingerprint density at radius 1 is 1.27 bits per heavy atom. The molecule has 0 aliphatic heterocycles. The van der Waals surface area contributed by atoms with Crippen LogP contribution in [0.1, 0.15) is 17.7 Å². The molecule has 1 aliphatic carbocycles. The van der Waals surface area contributed by atoms with Crippen LogP contribution < -0.4 is 0 Å². The third kappa shape index (κ3) is 1.79. The summed E-state index contributed by atoms with van der Waals surface area (Å²) in [4.78, 5) is 4.27. The fourth-order valence-corrected chi connectivity index (χ4v) is 1.58. The monoisotopic (exact) mass is 337 g/mol. The van der Waals surface area contributed by atoms with E-state index in [0.717, 1.165) is 11.4 Å². The number of aromatic nitrogens is 1. The van der Waals surface area contributed by atoms with Crippen molar-refractivity contribution in [3.63, 3.8) is 0 Å². The Morgan fingerprint density at radius 2 is 2.09 bits per heavy atom. The Morgan fingerprint density at radius 3 is 2.91 bits per heavy atom. The molecular weight excluding hydrogens is 328 g/mol. The van der Waals surface area contributed by atoms with Gasteiger partial charge in [-0.05, 0) is 24.8 Å². The van der Waals surface area contributed by atoms with Crippen molar-refractivity contribution in [2.24, 2.45) is 0 Å². The molecule has 1 nitrogen and oxygen atoms in total. The van der Waals surface area contributed by atoms with Gasteiger partial charge < -0.3 is 12.6 Å². The van der Waals surface area contributed by atoms with Gasteiger partial charge in [0.15, 0.2) is 0 Å². The zero-order valence-corrected chi connectivity index (χ0v) is 9.54. The van der Waals surface area contributed by atoms with E-state index in [1.54, 1.807) is 0 Å². The molecule has 3 heteroatoms. The summed E-state index contributed by atoms with van der Waals surface area (Å²) in [5, 5.41) is 0.737. The minimum Gasteiger partial charge on any atom is -0.760 e. The summed E-state index contributed by atoms with van der Waals surface area (Å²) in [6.45, 7) is 0. The Labute approximate surface area is 85.7 Å². The molecule has 0 fully saturated rings. The van der Waals surface area contributed by atoms with Gasteiger partial charge in [-0.3, -0.25) is 4.98 Å². The number of nitrogens with zero attached hydrogens (tertiary/aromatic N) is 1. The molecule has 0 unspecified atom stereocenters. The summed E-state index contributed by atoms with van der Waals surface area (Å²) in [5.41, 5.74) is 2.63. The fourth-order valence-electron chi connectivity index (χ4n) is 1.40. The van der Waals surface area contributed by atoms with Crippen LogP contribution >= 0.6 is 0 Å². The van der Waals surface area contributed by atoms with Crippen molar-refractivity contribution < 1.29 is 20.4 Å². The smallest absolute Gasteiger partial charge is 0.0417 e. The van der Waals surface area contributed by atoms with Gasteiger partial charge in [-0.1, -0.05) is 17.2 Å². The van der Waals surface area contributed by atoms with Gasteiger partial charge in [0.2, 0.25) is 0 Å². The second-order valence-electron chi connectivity index (χ2n) is 2.61. The molecule has 59 valence electrons. The van der Waals surface area contributed by atoms with Gasteiger partial charge in [0, 0.05) is 26.1 Å². The number of aryl methyl sites for hydroxylation is 2. The van der Waals surface area contributed by atoms with Gasteiger partial charge in [0.1, 0.15) is 0 Å². The summed E-state index contributed by atoms with van der Waals surface area (Å²) in [6.07, 6.45) is 3.57. The fraction of sp³-hybridized carbons (Fsp3) is 0.375. The molecule has 0 saturated heterocycles. The van der Waals surface area contributed by atoms with Crippen molar-refractivity contribution in [3.8, 4) is 0 Å². The first-order valence-electron chi connectivity index (χ1n) is 3.52. The Kier molecular flexibility index (Phi) is 3.00. The molecule has 2 rings (SSSR count). The van der Waals surface area contributed by atoms with E-state index in [2.05, 4.69) is 11.1 Å². The number of rotatable bonds is 0. The van der Waals surface area contributed by atoms with E-state index in [1.807, 2.05) is 6.07 Å².